The summed E-state index contributed by atoms with van der Waals surface area (Å²) in [6.07, 6.45) is 1.04. The maximum atomic E-state index is 11.0. The fraction of sp³-hybridized carbons (Fsp3) is 0.889. The third-order valence-electron chi connectivity index (χ3n) is 3.12. The van der Waals surface area contributed by atoms with Crippen molar-refractivity contribution in [2.45, 2.75) is 45.5 Å². The zero-order chi connectivity index (χ0) is 10.1. The van der Waals surface area contributed by atoms with E-state index in [0.29, 0.717) is 6.54 Å². The van der Waals surface area contributed by atoms with Crippen LogP contribution in [0.1, 0.15) is 33.6 Å². The zero-order valence-electron chi connectivity index (χ0n) is 8.50. The van der Waals surface area contributed by atoms with E-state index in [1.807, 2.05) is 4.90 Å². The van der Waals surface area contributed by atoms with Gasteiger partial charge in [-0.3, -0.25) is 4.79 Å². The van der Waals surface area contributed by atoms with Crippen LogP contribution in [0.4, 0.5) is 0 Å². The molecule has 0 spiro atoms. The molecule has 1 atom stereocenters. The van der Waals surface area contributed by atoms with Crippen LogP contribution in [-0.2, 0) is 4.79 Å². The molecule has 76 valence electrons. The van der Waals surface area contributed by atoms with Crippen molar-refractivity contribution in [3.63, 3.8) is 0 Å². The summed E-state index contributed by atoms with van der Waals surface area (Å²) in [7, 11) is 0. The number of carbonyl (C=O) groups is 1. The summed E-state index contributed by atoms with van der Waals surface area (Å²) in [5.41, 5.74) is -0.0847. The van der Waals surface area contributed by atoms with E-state index in [1.165, 1.54) is 0 Å². The van der Waals surface area contributed by atoms with Gasteiger partial charge in [0.05, 0.1) is 6.54 Å². The predicted octanol–water partition coefficient (Wildman–Crippen LogP) is 0.273. The first-order valence-electron chi connectivity index (χ1n) is 4.77. The van der Waals surface area contributed by atoms with Crippen molar-refractivity contribution < 1.29 is 9.90 Å². The number of aliphatic hydroxyl groups is 1. The Labute approximate surface area is 78.9 Å². The highest BCUT2D eigenvalue weighted by Crippen LogP contribution is 2.25. The van der Waals surface area contributed by atoms with E-state index >= 15 is 0 Å². The molecule has 1 aliphatic heterocycles. The average molecular weight is 186 g/mol. The highest BCUT2D eigenvalue weighted by molar-refractivity contribution is 5.80. The Morgan fingerprint density at radius 1 is 1.62 bits per heavy atom. The molecule has 0 aliphatic carbocycles. The lowest BCUT2D eigenvalue weighted by molar-refractivity contribution is -0.119. The molecule has 0 saturated carbocycles. The summed E-state index contributed by atoms with van der Waals surface area (Å²) in [4.78, 5) is 12.8. The Hall–Kier alpha value is -0.610. The standard InChI is InChI=1S/C9H18N2O2/c1-4-9(3,5-2)11-6-7(12)10-8(11)13/h8,13H,4-6H2,1-3H3,(H,10,12). The van der Waals surface area contributed by atoms with Crippen LogP contribution in [0.3, 0.4) is 0 Å². The molecular formula is C9H18N2O2. The van der Waals surface area contributed by atoms with Crippen molar-refractivity contribution >= 4 is 5.91 Å². The summed E-state index contributed by atoms with van der Waals surface area (Å²) < 4.78 is 0. The molecular weight excluding hydrogens is 168 g/mol. The van der Waals surface area contributed by atoms with Gasteiger partial charge in [-0.1, -0.05) is 13.8 Å². The number of aliphatic hydroxyl groups excluding tert-OH is 1. The molecule has 4 nitrogen and oxygen atoms in total. The number of carbonyl (C=O) groups excluding carboxylic acids is 1. The maximum Gasteiger partial charge on any atom is 0.237 e. The van der Waals surface area contributed by atoms with Gasteiger partial charge in [0, 0.05) is 5.54 Å². The molecule has 13 heavy (non-hydrogen) atoms. The molecule has 1 aliphatic rings. The molecule has 1 fully saturated rings. The third kappa shape index (κ3) is 1.84. The van der Waals surface area contributed by atoms with Gasteiger partial charge in [0.2, 0.25) is 5.91 Å². The first-order chi connectivity index (χ1) is 6.03. The summed E-state index contributed by atoms with van der Waals surface area (Å²) in [5.74, 6) is -0.0966. The molecule has 1 saturated heterocycles. The van der Waals surface area contributed by atoms with Gasteiger partial charge in [-0.25, -0.2) is 4.90 Å². The topological polar surface area (TPSA) is 52.6 Å². The Morgan fingerprint density at radius 3 is 2.46 bits per heavy atom. The van der Waals surface area contributed by atoms with Crippen LogP contribution < -0.4 is 5.32 Å². The van der Waals surface area contributed by atoms with Crippen LogP contribution in [-0.4, -0.2) is 34.3 Å². The fourth-order valence-electron chi connectivity index (χ4n) is 1.65. The molecule has 0 aromatic rings. The van der Waals surface area contributed by atoms with Gasteiger partial charge in [-0.15, -0.1) is 0 Å². The van der Waals surface area contributed by atoms with Gasteiger partial charge in [0.25, 0.3) is 0 Å². The maximum absolute atomic E-state index is 11.0. The monoisotopic (exact) mass is 186 g/mol. The lowest BCUT2D eigenvalue weighted by atomic mass is 9.93. The molecule has 1 amide bonds. The van der Waals surface area contributed by atoms with Crippen molar-refractivity contribution in [3.05, 3.63) is 0 Å². The van der Waals surface area contributed by atoms with Gasteiger partial charge >= 0.3 is 0 Å². The molecule has 0 bridgehead atoms. The smallest absolute Gasteiger partial charge is 0.237 e. The Kier molecular flexibility index (Phi) is 2.93. The van der Waals surface area contributed by atoms with E-state index in [-0.39, 0.29) is 11.4 Å². The molecule has 0 aromatic carbocycles. The van der Waals surface area contributed by atoms with Gasteiger partial charge in [-0.05, 0) is 19.8 Å². The normalized spacial score (nSPS) is 24.9. The van der Waals surface area contributed by atoms with Crippen LogP contribution in [0.2, 0.25) is 0 Å². The number of hydrogen-bond donors (Lipinski definition) is 2. The minimum atomic E-state index is -0.808. The van der Waals surface area contributed by atoms with Crippen LogP contribution >= 0.6 is 0 Å². The molecule has 1 rings (SSSR count). The molecule has 4 heteroatoms. The second kappa shape index (κ2) is 3.64. The number of amides is 1. The number of nitrogens with zero attached hydrogens (tertiary/aromatic N) is 1. The minimum Gasteiger partial charge on any atom is -0.361 e. The van der Waals surface area contributed by atoms with Gasteiger partial charge in [-0.2, -0.15) is 0 Å². The van der Waals surface area contributed by atoms with E-state index in [4.69, 9.17) is 0 Å². The second-order valence-electron chi connectivity index (χ2n) is 3.77. The van der Waals surface area contributed by atoms with Crippen molar-refractivity contribution in [1.29, 1.82) is 0 Å². The second-order valence-corrected chi connectivity index (χ2v) is 3.77. The number of nitrogens with one attached hydrogen (secondary N) is 1. The van der Waals surface area contributed by atoms with Crippen LogP contribution in [0.15, 0.2) is 0 Å². The Balaban J connectivity index is 2.75. The Morgan fingerprint density at radius 2 is 2.15 bits per heavy atom. The van der Waals surface area contributed by atoms with Crippen molar-refractivity contribution in [2.24, 2.45) is 0 Å². The minimum absolute atomic E-state index is 0.0847. The van der Waals surface area contributed by atoms with E-state index in [9.17, 15) is 9.90 Å². The zero-order valence-corrected chi connectivity index (χ0v) is 8.50. The summed E-state index contributed by atoms with van der Waals surface area (Å²) in [6, 6.07) is 0. The highest BCUT2D eigenvalue weighted by atomic mass is 16.3. The quantitative estimate of drug-likeness (QED) is 0.665. The van der Waals surface area contributed by atoms with Crippen LogP contribution in [0.5, 0.6) is 0 Å². The molecule has 0 aromatic heterocycles. The average Bonchev–Trinajstić information content (AvgIpc) is 2.44. The summed E-state index contributed by atoms with van der Waals surface area (Å²) in [5, 5.41) is 12.0. The van der Waals surface area contributed by atoms with E-state index in [0.717, 1.165) is 12.8 Å². The van der Waals surface area contributed by atoms with Gasteiger partial charge in [0.1, 0.15) is 0 Å². The lowest BCUT2D eigenvalue weighted by Crippen LogP contribution is -2.50. The first kappa shape index (κ1) is 10.5. The first-order valence-corrected chi connectivity index (χ1v) is 4.77. The van der Waals surface area contributed by atoms with Crippen molar-refractivity contribution in [1.82, 2.24) is 10.2 Å². The predicted molar refractivity (Wildman–Crippen MR) is 49.8 cm³/mol. The fourth-order valence-corrected chi connectivity index (χ4v) is 1.65. The lowest BCUT2D eigenvalue weighted by Gasteiger charge is -2.38. The molecule has 1 heterocycles. The SMILES string of the molecule is CCC(C)(CC)N1CC(=O)NC1O. The molecule has 2 N–H and O–H groups in total. The van der Waals surface area contributed by atoms with E-state index in [2.05, 4.69) is 26.1 Å². The van der Waals surface area contributed by atoms with Gasteiger partial charge < -0.3 is 10.4 Å². The van der Waals surface area contributed by atoms with E-state index in [1.54, 1.807) is 0 Å². The highest BCUT2D eigenvalue weighted by Gasteiger charge is 2.39. The Bertz CT molecular complexity index is 202. The molecule has 1 unspecified atom stereocenters. The van der Waals surface area contributed by atoms with Crippen LogP contribution in [0, 0.1) is 0 Å². The van der Waals surface area contributed by atoms with E-state index < -0.39 is 6.35 Å². The van der Waals surface area contributed by atoms with Crippen LogP contribution in [0.25, 0.3) is 0 Å². The summed E-state index contributed by atoms with van der Waals surface area (Å²) >= 11 is 0. The number of rotatable bonds is 3. The summed E-state index contributed by atoms with van der Waals surface area (Å²) in [6.45, 7) is 6.51. The number of hydrogen-bond acceptors (Lipinski definition) is 3. The van der Waals surface area contributed by atoms with Crippen molar-refractivity contribution in [3.8, 4) is 0 Å². The van der Waals surface area contributed by atoms with Gasteiger partial charge in [0.15, 0.2) is 6.35 Å². The largest absolute Gasteiger partial charge is 0.361 e. The third-order valence-corrected chi connectivity index (χ3v) is 3.12. The van der Waals surface area contributed by atoms with Crippen molar-refractivity contribution in [2.75, 3.05) is 6.54 Å². The molecule has 0 radical (unpaired) electrons.